The summed E-state index contributed by atoms with van der Waals surface area (Å²) < 4.78 is 12.2. The maximum absolute atomic E-state index is 13.0. The van der Waals surface area contributed by atoms with E-state index in [0.717, 1.165) is 19.5 Å². The van der Waals surface area contributed by atoms with Crippen LogP contribution in [0.3, 0.4) is 0 Å². The van der Waals surface area contributed by atoms with E-state index >= 15 is 0 Å². The van der Waals surface area contributed by atoms with Crippen LogP contribution in [0.5, 0.6) is 0 Å². The van der Waals surface area contributed by atoms with Gasteiger partial charge in [-0.1, -0.05) is 42.5 Å². The van der Waals surface area contributed by atoms with Crippen LogP contribution in [0.4, 0.5) is 0 Å². The third-order valence-corrected chi connectivity index (χ3v) is 6.16. The van der Waals surface area contributed by atoms with E-state index in [4.69, 9.17) is 9.47 Å². The number of carbonyl (C=O) groups is 2. The first-order valence-corrected chi connectivity index (χ1v) is 11.1. The van der Waals surface area contributed by atoms with Gasteiger partial charge in [0.2, 0.25) is 0 Å². The van der Waals surface area contributed by atoms with Crippen molar-refractivity contribution in [2.24, 2.45) is 0 Å². The first-order valence-electron chi connectivity index (χ1n) is 11.1. The van der Waals surface area contributed by atoms with Crippen molar-refractivity contribution in [1.82, 2.24) is 9.80 Å². The molecule has 1 fully saturated rings. The summed E-state index contributed by atoms with van der Waals surface area (Å²) in [7, 11) is 0. The molecule has 0 aromatic heterocycles. The number of piperidine rings is 1. The molecule has 6 nitrogen and oxygen atoms in total. The van der Waals surface area contributed by atoms with Crippen LogP contribution in [0.1, 0.15) is 53.0 Å². The number of benzene rings is 2. The van der Waals surface area contributed by atoms with E-state index in [-0.39, 0.29) is 17.9 Å². The predicted molar refractivity (Wildman–Crippen MR) is 118 cm³/mol. The summed E-state index contributed by atoms with van der Waals surface area (Å²) in [4.78, 5) is 29.7. The maximum atomic E-state index is 13.0. The molecule has 0 aliphatic carbocycles. The summed E-state index contributed by atoms with van der Waals surface area (Å²) in [6.45, 7) is 6.89. The molecule has 164 valence electrons. The lowest BCUT2D eigenvalue weighted by atomic mass is 9.94. The van der Waals surface area contributed by atoms with Crippen molar-refractivity contribution in [2.45, 2.75) is 45.1 Å². The van der Waals surface area contributed by atoms with Crippen LogP contribution < -0.4 is 0 Å². The van der Waals surface area contributed by atoms with Gasteiger partial charge in [-0.2, -0.15) is 0 Å². The molecule has 1 saturated heterocycles. The second-order valence-electron chi connectivity index (χ2n) is 8.11. The lowest BCUT2D eigenvalue weighted by molar-refractivity contribution is -0.262. The second kappa shape index (κ2) is 9.30. The number of imide groups is 1. The van der Waals surface area contributed by atoms with Crippen LogP contribution in [0.25, 0.3) is 0 Å². The molecule has 31 heavy (non-hydrogen) atoms. The average molecular weight is 423 g/mol. The molecule has 2 aliphatic heterocycles. The standard InChI is InChI=1S/C25H30N2O4/c1-3-30-25(31-4-2)14-15-26(17-19-10-6-5-7-11-19)20(16-25)18-27-23(28)21-12-8-9-13-22(21)24(27)29/h5-13,20H,3-4,14-18H2,1-2H3. The summed E-state index contributed by atoms with van der Waals surface area (Å²) in [5.41, 5.74) is 2.17. The Kier molecular flexibility index (Phi) is 6.51. The molecule has 2 aromatic carbocycles. The third-order valence-electron chi connectivity index (χ3n) is 6.16. The van der Waals surface area contributed by atoms with Gasteiger partial charge < -0.3 is 9.47 Å². The van der Waals surface area contributed by atoms with Crippen LogP contribution >= 0.6 is 0 Å². The largest absolute Gasteiger partial charge is 0.350 e. The maximum Gasteiger partial charge on any atom is 0.261 e. The molecular formula is C25H30N2O4. The molecule has 6 heteroatoms. The van der Waals surface area contributed by atoms with E-state index in [9.17, 15) is 9.59 Å². The Balaban J connectivity index is 1.59. The Bertz CT molecular complexity index is 889. The molecule has 1 atom stereocenters. The normalized spacial score (nSPS) is 20.8. The minimum Gasteiger partial charge on any atom is -0.350 e. The number of likely N-dealkylation sites (tertiary alicyclic amines) is 1. The smallest absolute Gasteiger partial charge is 0.261 e. The lowest BCUT2D eigenvalue weighted by Crippen LogP contribution is -2.56. The van der Waals surface area contributed by atoms with Gasteiger partial charge in [-0.25, -0.2) is 0 Å². The molecule has 0 saturated carbocycles. The highest BCUT2D eigenvalue weighted by atomic mass is 16.7. The molecule has 1 unspecified atom stereocenters. The van der Waals surface area contributed by atoms with Gasteiger partial charge in [0.15, 0.2) is 5.79 Å². The summed E-state index contributed by atoms with van der Waals surface area (Å²) in [6.07, 6.45) is 1.36. The number of amides is 2. The van der Waals surface area contributed by atoms with Crippen molar-refractivity contribution in [3.05, 3.63) is 71.3 Å². The summed E-state index contributed by atoms with van der Waals surface area (Å²) in [5.74, 6) is -1.12. The number of nitrogens with zero attached hydrogens (tertiary/aromatic N) is 2. The number of rotatable bonds is 8. The zero-order valence-corrected chi connectivity index (χ0v) is 18.3. The highest BCUT2D eigenvalue weighted by Gasteiger charge is 2.44. The first-order chi connectivity index (χ1) is 15.1. The molecule has 4 rings (SSSR count). The molecule has 0 radical (unpaired) electrons. The Labute approximate surface area is 183 Å². The highest BCUT2D eigenvalue weighted by Crippen LogP contribution is 2.34. The van der Waals surface area contributed by atoms with Gasteiger partial charge in [0.1, 0.15) is 0 Å². The number of carbonyl (C=O) groups excluding carboxylic acids is 2. The number of hydrogen-bond donors (Lipinski definition) is 0. The van der Waals surface area contributed by atoms with Crippen LogP contribution in [-0.2, 0) is 16.0 Å². The Hall–Kier alpha value is -2.54. The molecule has 2 heterocycles. The van der Waals surface area contributed by atoms with E-state index in [1.807, 2.05) is 32.0 Å². The zero-order chi connectivity index (χ0) is 21.8. The van der Waals surface area contributed by atoms with E-state index in [1.54, 1.807) is 24.3 Å². The molecule has 2 amide bonds. The van der Waals surface area contributed by atoms with Crippen LogP contribution in [0, 0.1) is 0 Å². The van der Waals surface area contributed by atoms with Crippen molar-refractivity contribution < 1.29 is 19.1 Å². The summed E-state index contributed by atoms with van der Waals surface area (Å²) in [5, 5.41) is 0. The van der Waals surface area contributed by atoms with Crippen LogP contribution in [0.15, 0.2) is 54.6 Å². The van der Waals surface area contributed by atoms with Gasteiger partial charge in [0.25, 0.3) is 11.8 Å². The van der Waals surface area contributed by atoms with Crippen LogP contribution in [0.2, 0.25) is 0 Å². The van der Waals surface area contributed by atoms with E-state index in [2.05, 4.69) is 17.0 Å². The number of hydrogen-bond acceptors (Lipinski definition) is 5. The average Bonchev–Trinajstić information content (AvgIpc) is 3.02. The molecule has 2 aromatic rings. The fraction of sp³-hybridized carbons (Fsp3) is 0.440. The van der Waals surface area contributed by atoms with Gasteiger partial charge in [0, 0.05) is 51.7 Å². The fourth-order valence-corrected chi connectivity index (χ4v) is 4.74. The molecular weight excluding hydrogens is 392 g/mol. The number of fused-ring (bicyclic) bond motifs is 1. The van der Waals surface area contributed by atoms with Gasteiger partial charge >= 0.3 is 0 Å². The molecule has 0 spiro atoms. The van der Waals surface area contributed by atoms with Crippen molar-refractivity contribution >= 4 is 11.8 Å². The van der Waals surface area contributed by atoms with Gasteiger partial charge in [0.05, 0.1) is 11.1 Å². The lowest BCUT2D eigenvalue weighted by Gasteiger charge is -2.46. The fourth-order valence-electron chi connectivity index (χ4n) is 4.74. The van der Waals surface area contributed by atoms with E-state index in [0.29, 0.717) is 37.3 Å². The third kappa shape index (κ3) is 4.42. The van der Waals surface area contributed by atoms with Crippen molar-refractivity contribution in [1.29, 1.82) is 0 Å². The Morgan fingerprint density at radius 2 is 1.48 bits per heavy atom. The molecule has 0 bridgehead atoms. The highest BCUT2D eigenvalue weighted by molar-refractivity contribution is 6.21. The predicted octanol–water partition coefficient (Wildman–Crippen LogP) is 3.72. The molecule has 2 aliphatic rings. The van der Waals surface area contributed by atoms with Crippen molar-refractivity contribution in [3.8, 4) is 0 Å². The minimum absolute atomic E-state index is 0.0609. The van der Waals surface area contributed by atoms with Crippen molar-refractivity contribution in [3.63, 3.8) is 0 Å². The van der Waals surface area contributed by atoms with Gasteiger partial charge in [-0.15, -0.1) is 0 Å². The minimum atomic E-state index is -0.681. The SMILES string of the molecule is CCOC1(OCC)CCN(Cc2ccccc2)C(CN2C(=O)c3ccccc3C2=O)C1. The van der Waals surface area contributed by atoms with Crippen molar-refractivity contribution in [2.75, 3.05) is 26.3 Å². The van der Waals surface area contributed by atoms with E-state index in [1.165, 1.54) is 10.5 Å². The Morgan fingerprint density at radius 3 is 2.06 bits per heavy atom. The summed E-state index contributed by atoms with van der Waals surface area (Å²) in [6, 6.07) is 17.3. The van der Waals surface area contributed by atoms with Gasteiger partial charge in [-0.05, 0) is 31.5 Å². The topological polar surface area (TPSA) is 59.1 Å². The van der Waals surface area contributed by atoms with E-state index < -0.39 is 5.79 Å². The first kappa shape index (κ1) is 21.7. The number of ether oxygens (including phenoxy) is 2. The zero-order valence-electron chi connectivity index (χ0n) is 18.3. The molecule has 0 N–H and O–H groups in total. The Morgan fingerprint density at radius 1 is 0.903 bits per heavy atom. The monoisotopic (exact) mass is 422 g/mol. The van der Waals surface area contributed by atoms with Gasteiger partial charge in [-0.3, -0.25) is 19.4 Å². The summed E-state index contributed by atoms with van der Waals surface area (Å²) >= 11 is 0. The van der Waals surface area contributed by atoms with Crippen LogP contribution in [-0.4, -0.2) is 59.7 Å². The second-order valence-corrected chi connectivity index (χ2v) is 8.11. The quantitative estimate of drug-likeness (QED) is 0.479.